The van der Waals surface area contributed by atoms with Crippen LogP contribution < -0.4 is 4.74 Å². The summed E-state index contributed by atoms with van der Waals surface area (Å²) < 4.78 is 38.0. The van der Waals surface area contributed by atoms with Crippen LogP contribution in [0, 0.1) is 5.92 Å². The van der Waals surface area contributed by atoms with E-state index in [2.05, 4.69) is 0 Å². The number of halogens is 1. The first kappa shape index (κ1) is 22.6. The van der Waals surface area contributed by atoms with Gasteiger partial charge in [-0.3, -0.25) is 9.69 Å². The third kappa shape index (κ3) is 5.14. The van der Waals surface area contributed by atoms with Crippen molar-refractivity contribution in [2.45, 2.75) is 36.6 Å². The minimum absolute atomic E-state index is 0.125. The highest BCUT2D eigenvalue weighted by molar-refractivity contribution is 7.92. The molecule has 0 aliphatic carbocycles. The smallest absolute Gasteiger partial charge is 0.309 e. The molecular weight excluding hydrogens is 426 g/mol. The Balaban J connectivity index is 1.82. The number of rotatable bonds is 7. The van der Waals surface area contributed by atoms with Gasteiger partial charge in [-0.15, -0.1) is 0 Å². The van der Waals surface area contributed by atoms with Crippen LogP contribution in [0.1, 0.15) is 25.3 Å². The second kappa shape index (κ2) is 9.81. The van der Waals surface area contributed by atoms with Gasteiger partial charge in [0.15, 0.2) is 9.84 Å². The van der Waals surface area contributed by atoms with Gasteiger partial charge < -0.3 is 9.47 Å². The molecule has 0 spiro atoms. The van der Waals surface area contributed by atoms with Gasteiger partial charge in [-0.1, -0.05) is 35.9 Å². The Bertz CT molecular complexity index is 977. The van der Waals surface area contributed by atoms with Crippen LogP contribution in [-0.4, -0.2) is 44.9 Å². The molecule has 8 heteroatoms. The number of hydrogen-bond acceptors (Lipinski definition) is 6. The lowest BCUT2D eigenvalue weighted by Crippen LogP contribution is -2.46. The number of carbonyl (C=O) groups excluding carboxylic acids is 1. The molecule has 1 saturated heterocycles. The summed E-state index contributed by atoms with van der Waals surface area (Å²) in [6.07, 6.45) is 0.777. The van der Waals surface area contributed by atoms with Gasteiger partial charge >= 0.3 is 5.97 Å². The first-order valence-electron chi connectivity index (χ1n) is 9.90. The van der Waals surface area contributed by atoms with Crippen molar-refractivity contribution in [3.63, 3.8) is 0 Å². The minimum Gasteiger partial charge on any atom is -0.488 e. The highest BCUT2D eigenvalue weighted by Gasteiger charge is 2.40. The molecule has 1 fully saturated rings. The summed E-state index contributed by atoms with van der Waals surface area (Å²) in [5.41, 5.74) is 0.878. The summed E-state index contributed by atoms with van der Waals surface area (Å²) in [7, 11) is -2.00. The first-order chi connectivity index (χ1) is 14.3. The van der Waals surface area contributed by atoms with Gasteiger partial charge in [0.2, 0.25) is 0 Å². The minimum atomic E-state index is -3.76. The van der Waals surface area contributed by atoms with Gasteiger partial charge in [0, 0.05) is 5.02 Å². The van der Waals surface area contributed by atoms with Crippen molar-refractivity contribution in [3.8, 4) is 5.75 Å². The van der Waals surface area contributed by atoms with E-state index in [4.69, 9.17) is 21.1 Å². The van der Waals surface area contributed by atoms with Crippen molar-refractivity contribution in [2.24, 2.45) is 5.92 Å². The van der Waals surface area contributed by atoms with E-state index in [1.165, 1.54) is 0 Å². The van der Waals surface area contributed by atoms with Gasteiger partial charge in [0.25, 0.3) is 0 Å². The lowest BCUT2D eigenvalue weighted by atomic mass is 9.97. The van der Waals surface area contributed by atoms with Crippen molar-refractivity contribution in [3.05, 3.63) is 59.1 Å². The molecule has 2 unspecified atom stereocenters. The summed E-state index contributed by atoms with van der Waals surface area (Å²) in [5, 5.41) is -0.195. The number of piperidine rings is 1. The number of hydrogen-bond donors (Lipinski definition) is 0. The van der Waals surface area contributed by atoms with E-state index in [9.17, 15) is 13.2 Å². The van der Waals surface area contributed by atoms with Crippen molar-refractivity contribution in [1.82, 2.24) is 4.90 Å². The molecule has 2 atom stereocenters. The first-order valence-corrected chi connectivity index (χ1v) is 11.8. The molecule has 6 nitrogen and oxygen atoms in total. The maximum atomic E-state index is 13.5. The molecule has 1 heterocycles. The monoisotopic (exact) mass is 451 g/mol. The Morgan fingerprint density at radius 3 is 2.57 bits per heavy atom. The summed E-state index contributed by atoms with van der Waals surface area (Å²) >= 11 is 5.91. The van der Waals surface area contributed by atoms with E-state index in [1.807, 2.05) is 12.1 Å². The second-order valence-corrected chi connectivity index (χ2v) is 9.83. The summed E-state index contributed by atoms with van der Waals surface area (Å²) in [4.78, 5) is 14.1. The zero-order valence-electron chi connectivity index (χ0n) is 17.1. The number of carbonyl (C=O) groups is 1. The molecule has 0 N–H and O–H groups in total. The van der Waals surface area contributed by atoms with Crippen LogP contribution in [0.4, 0.5) is 0 Å². The molecular formula is C22H26ClNO5S. The lowest BCUT2D eigenvalue weighted by Gasteiger charge is -2.35. The van der Waals surface area contributed by atoms with Crippen LogP contribution in [0.25, 0.3) is 0 Å². The van der Waals surface area contributed by atoms with Crippen molar-refractivity contribution in [1.29, 1.82) is 0 Å². The van der Waals surface area contributed by atoms with Crippen molar-refractivity contribution in [2.75, 3.05) is 20.2 Å². The molecule has 0 saturated carbocycles. The molecule has 2 aromatic carbocycles. The summed E-state index contributed by atoms with van der Waals surface area (Å²) in [5.74, 6) is -0.472. The van der Waals surface area contributed by atoms with Gasteiger partial charge in [-0.25, -0.2) is 8.42 Å². The predicted octanol–water partition coefficient (Wildman–Crippen LogP) is 3.92. The molecule has 0 bridgehead atoms. The fourth-order valence-corrected chi connectivity index (χ4v) is 5.73. The highest BCUT2D eigenvalue weighted by atomic mass is 35.5. The lowest BCUT2D eigenvalue weighted by molar-refractivity contribution is -0.149. The number of likely N-dealkylation sites (tertiary alicyclic amines) is 1. The van der Waals surface area contributed by atoms with E-state index < -0.39 is 21.1 Å². The van der Waals surface area contributed by atoms with E-state index in [0.29, 0.717) is 23.7 Å². The van der Waals surface area contributed by atoms with E-state index in [-0.39, 0.29) is 30.5 Å². The fourth-order valence-electron chi connectivity index (χ4n) is 3.58. The summed E-state index contributed by atoms with van der Waals surface area (Å²) in [6.45, 7) is 2.75. The standard InChI is InChI=1S/C22H26ClNO5S/c1-3-28-22(25)17-12-13-24(2)21(14-17)30(26,27)20-7-5-4-6-19(20)29-15-16-8-10-18(23)11-9-16/h4-11,17,21H,3,12-15H2,1-2H3. The van der Waals surface area contributed by atoms with Crippen LogP contribution in [0.3, 0.4) is 0 Å². The van der Waals surface area contributed by atoms with E-state index >= 15 is 0 Å². The van der Waals surface area contributed by atoms with Crippen LogP contribution in [0.5, 0.6) is 5.75 Å². The molecule has 1 aliphatic rings. The summed E-state index contributed by atoms with van der Waals surface area (Å²) in [6, 6.07) is 13.8. The van der Waals surface area contributed by atoms with Crippen molar-refractivity contribution < 1.29 is 22.7 Å². The van der Waals surface area contributed by atoms with Crippen LogP contribution in [0.2, 0.25) is 5.02 Å². The molecule has 162 valence electrons. The Kier molecular flexibility index (Phi) is 7.39. The Morgan fingerprint density at radius 2 is 1.87 bits per heavy atom. The zero-order valence-corrected chi connectivity index (χ0v) is 18.7. The number of benzene rings is 2. The van der Waals surface area contributed by atoms with Gasteiger partial charge in [-0.2, -0.15) is 0 Å². The van der Waals surface area contributed by atoms with Gasteiger partial charge in [0.1, 0.15) is 22.6 Å². The Morgan fingerprint density at radius 1 is 1.17 bits per heavy atom. The molecule has 0 amide bonds. The fraction of sp³-hybridized carbons (Fsp3) is 0.409. The molecule has 1 aliphatic heterocycles. The molecule has 30 heavy (non-hydrogen) atoms. The van der Waals surface area contributed by atoms with Crippen molar-refractivity contribution >= 4 is 27.4 Å². The number of para-hydroxylation sites is 1. The second-order valence-electron chi connectivity index (χ2n) is 7.32. The molecule has 0 aromatic heterocycles. The van der Waals surface area contributed by atoms with E-state index in [0.717, 1.165) is 5.56 Å². The Hall–Kier alpha value is -2.09. The third-order valence-electron chi connectivity index (χ3n) is 5.25. The molecule has 3 rings (SSSR count). The molecule has 0 radical (unpaired) electrons. The maximum Gasteiger partial charge on any atom is 0.309 e. The number of nitrogens with zero attached hydrogens (tertiary/aromatic N) is 1. The number of ether oxygens (including phenoxy) is 2. The predicted molar refractivity (Wildman–Crippen MR) is 115 cm³/mol. The normalized spacial score (nSPS) is 20.0. The van der Waals surface area contributed by atoms with Gasteiger partial charge in [0.05, 0.1) is 12.5 Å². The van der Waals surface area contributed by atoms with Gasteiger partial charge in [-0.05, 0) is 63.2 Å². The van der Waals surface area contributed by atoms with Crippen LogP contribution >= 0.6 is 11.6 Å². The number of esters is 1. The SMILES string of the molecule is CCOC(=O)C1CCN(C)C(S(=O)(=O)c2ccccc2OCc2ccc(Cl)cc2)C1. The molecule has 2 aromatic rings. The van der Waals surface area contributed by atoms with Crippen LogP contribution in [-0.2, 0) is 26.0 Å². The topological polar surface area (TPSA) is 72.9 Å². The van der Waals surface area contributed by atoms with E-state index in [1.54, 1.807) is 55.3 Å². The Labute approximate surface area is 182 Å². The quantitative estimate of drug-likeness (QED) is 0.594. The highest BCUT2D eigenvalue weighted by Crippen LogP contribution is 2.34. The van der Waals surface area contributed by atoms with Crippen LogP contribution in [0.15, 0.2) is 53.4 Å². The average Bonchev–Trinajstić information content (AvgIpc) is 2.74. The third-order valence-corrected chi connectivity index (χ3v) is 7.72. The maximum absolute atomic E-state index is 13.5. The largest absolute Gasteiger partial charge is 0.488 e. The zero-order chi connectivity index (χ0) is 21.7. The number of sulfone groups is 1. The average molecular weight is 452 g/mol.